The second kappa shape index (κ2) is 6.16. The number of nitrogens with zero attached hydrogens (tertiary/aromatic N) is 2. The van der Waals surface area contributed by atoms with Gasteiger partial charge in [0, 0.05) is 25.8 Å². The zero-order valence-corrected chi connectivity index (χ0v) is 11.3. The standard InChI is InChI=1S/C14H23N3O/c1-3-15-14-5-4-12(8-16-14)9-17-7-6-13(10-17)11(2)18/h4-5,8,11,13,18H,3,6-7,9-10H2,1-2H3,(H,15,16). The van der Waals surface area contributed by atoms with Gasteiger partial charge < -0.3 is 10.4 Å². The van der Waals surface area contributed by atoms with Crippen molar-refractivity contribution >= 4 is 5.82 Å². The lowest BCUT2D eigenvalue weighted by Crippen LogP contribution is -2.24. The molecular formula is C14H23N3O. The van der Waals surface area contributed by atoms with Gasteiger partial charge in [0.15, 0.2) is 0 Å². The lowest BCUT2D eigenvalue weighted by atomic mass is 10.0. The maximum absolute atomic E-state index is 9.58. The Labute approximate surface area is 109 Å². The van der Waals surface area contributed by atoms with Crippen LogP contribution in [0.1, 0.15) is 25.8 Å². The van der Waals surface area contributed by atoms with Gasteiger partial charge in [-0.05, 0) is 44.4 Å². The Kier molecular flexibility index (Phi) is 4.55. The minimum atomic E-state index is -0.191. The van der Waals surface area contributed by atoms with E-state index in [1.54, 1.807) is 0 Å². The average molecular weight is 249 g/mol. The molecule has 2 N–H and O–H groups in total. The van der Waals surface area contributed by atoms with Crippen LogP contribution in [0.25, 0.3) is 0 Å². The van der Waals surface area contributed by atoms with Gasteiger partial charge in [0.1, 0.15) is 5.82 Å². The molecule has 0 radical (unpaired) electrons. The molecule has 0 bridgehead atoms. The number of likely N-dealkylation sites (tertiary alicyclic amines) is 1. The minimum absolute atomic E-state index is 0.191. The number of aliphatic hydroxyl groups is 1. The Hall–Kier alpha value is -1.13. The van der Waals surface area contributed by atoms with Gasteiger partial charge in [-0.25, -0.2) is 4.98 Å². The third-order valence-corrected chi connectivity index (χ3v) is 3.58. The highest BCUT2D eigenvalue weighted by atomic mass is 16.3. The number of aliphatic hydroxyl groups excluding tert-OH is 1. The van der Waals surface area contributed by atoms with Crippen LogP contribution in [0.3, 0.4) is 0 Å². The van der Waals surface area contributed by atoms with E-state index in [4.69, 9.17) is 0 Å². The molecule has 4 nitrogen and oxygen atoms in total. The fourth-order valence-corrected chi connectivity index (χ4v) is 2.46. The van der Waals surface area contributed by atoms with Crippen LogP contribution in [0.4, 0.5) is 5.82 Å². The molecule has 0 spiro atoms. The molecule has 1 aromatic heterocycles. The molecule has 18 heavy (non-hydrogen) atoms. The van der Waals surface area contributed by atoms with Crippen LogP contribution in [0, 0.1) is 5.92 Å². The fourth-order valence-electron chi connectivity index (χ4n) is 2.46. The fraction of sp³-hybridized carbons (Fsp3) is 0.643. The number of aromatic nitrogens is 1. The molecule has 0 saturated carbocycles. The molecule has 0 aromatic carbocycles. The van der Waals surface area contributed by atoms with Crippen molar-refractivity contribution in [3.63, 3.8) is 0 Å². The van der Waals surface area contributed by atoms with Crippen molar-refractivity contribution in [2.45, 2.75) is 32.9 Å². The van der Waals surface area contributed by atoms with Crippen LogP contribution in [0.5, 0.6) is 0 Å². The summed E-state index contributed by atoms with van der Waals surface area (Å²) in [6.45, 7) is 7.85. The maximum Gasteiger partial charge on any atom is 0.125 e. The van der Waals surface area contributed by atoms with E-state index in [0.717, 1.165) is 38.4 Å². The minimum Gasteiger partial charge on any atom is -0.393 e. The molecule has 2 rings (SSSR count). The Morgan fingerprint density at radius 2 is 2.39 bits per heavy atom. The number of anilines is 1. The number of nitrogens with one attached hydrogen (secondary N) is 1. The van der Waals surface area contributed by atoms with E-state index in [-0.39, 0.29) is 6.10 Å². The Morgan fingerprint density at radius 3 is 2.94 bits per heavy atom. The second-order valence-electron chi connectivity index (χ2n) is 5.11. The van der Waals surface area contributed by atoms with Gasteiger partial charge in [-0.3, -0.25) is 4.90 Å². The van der Waals surface area contributed by atoms with Crippen molar-refractivity contribution in [1.29, 1.82) is 0 Å². The predicted octanol–water partition coefficient (Wildman–Crippen LogP) is 1.72. The lowest BCUT2D eigenvalue weighted by Gasteiger charge is -2.17. The van der Waals surface area contributed by atoms with Crippen LogP contribution in [0.2, 0.25) is 0 Å². The van der Waals surface area contributed by atoms with E-state index >= 15 is 0 Å². The molecule has 100 valence electrons. The van der Waals surface area contributed by atoms with Crippen molar-refractivity contribution in [3.8, 4) is 0 Å². The molecule has 2 atom stereocenters. The first kappa shape index (κ1) is 13.3. The topological polar surface area (TPSA) is 48.4 Å². The molecule has 2 unspecified atom stereocenters. The second-order valence-corrected chi connectivity index (χ2v) is 5.11. The summed E-state index contributed by atoms with van der Waals surface area (Å²) in [5, 5.41) is 12.8. The molecule has 0 aliphatic carbocycles. The first-order valence-electron chi connectivity index (χ1n) is 6.78. The van der Waals surface area contributed by atoms with Crippen LogP contribution in [0.15, 0.2) is 18.3 Å². The van der Waals surface area contributed by atoms with Crippen LogP contribution >= 0.6 is 0 Å². The van der Waals surface area contributed by atoms with Crippen LogP contribution in [-0.4, -0.2) is 40.7 Å². The quantitative estimate of drug-likeness (QED) is 0.834. The van der Waals surface area contributed by atoms with Gasteiger partial charge in [-0.15, -0.1) is 0 Å². The van der Waals surface area contributed by atoms with Gasteiger partial charge in [0.25, 0.3) is 0 Å². The zero-order chi connectivity index (χ0) is 13.0. The highest BCUT2D eigenvalue weighted by molar-refractivity contribution is 5.35. The van der Waals surface area contributed by atoms with E-state index in [1.807, 2.05) is 19.2 Å². The molecule has 1 saturated heterocycles. The summed E-state index contributed by atoms with van der Waals surface area (Å²) < 4.78 is 0. The first-order valence-corrected chi connectivity index (χ1v) is 6.78. The van der Waals surface area contributed by atoms with E-state index in [9.17, 15) is 5.11 Å². The van der Waals surface area contributed by atoms with Gasteiger partial charge in [0.05, 0.1) is 6.10 Å². The third-order valence-electron chi connectivity index (χ3n) is 3.58. The monoisotopic (exact) mass is 249 g/mol. The summed E-state index contributed by atoms with van der Waals surface area (Å²) in [6.07, 6.45) is 2.85. The van der Waals surface area contributed by atoms with Gasteiger partial charge >= 0.3 is 0 Å². The van der Waals surface area contributed by atoms with E-state index < -0.39 is 0 Å². The number of hydrogen-bond donors (Lipinski definition) is 2. The average Bonchev–Trinajstić information content (AvgIpc) is 2.81. The highest BCUT2D eigenvalue weighted by Crippen LogP contribution is 2.21. The largest absolute Gasteiger partial charge is 0.393 e. The zero-order valence-electron chi connectivity index (χ0n) is 11.3. The Morgan fingerprint density at radius 1 is 1.56 bits per heavy atom. The van der Waals surface area contributed by atoms with E-state index in [2.05, 4.69) is 28.2 Å². The maximum atomic E-state index is 9.58. The van der Waals surface area contributed by atoms with Crippen LogP contribution < -0.4 is 5.32 Å². The van der Waals surface area contributed by atoms with Crippen molar-refractivity contribution in [2.24, 2.45) is 5.92 Å². The summed E-state index contributed by atoms with van der Waals surface area (Å²) >= 11 is 0. The third kappa shape index (κ3) is 3.43. The Balaban J connectivity index is 1.86. The number of hydrogen-bond acceptors (Lipinski definition) is 4. The van der Waals surface area contributed by atoms with Crippen molar-refractivity contribution in [2.75, 3.05) is 25.0 Å². The van der Waals surface area contributed by atoms with E-state index in [0.29, 0.717) is 5.92 Å². The molecule has 4 heteroatoms. The first-order chi connectivity index (χ1) is 8.69. The molecule has 1 fully saturated rings. The Bertz CT molecular complexity index is 364. The number of pyridine rings is 1. The van der Waals surface area contributed by atoms with Gasteiger partial charge in [-0.1, -0.05) is 6.07 Å². The molecule has 2 heterocycles. The molecule has 1 aliphatic heterocycles. The lowest BCUT2D eigenvalue weighted by molar-refractivity contribution is 0.127. The number of rotatable bonds is 5. The SMILES string of the molecule is CCNc1ccc(CN2CCC(C(C)O)C2)cn1. The van der Waals surface area contributed by atoms with E-state index in [1.165, 1.54) is 5.56 Å². The molecule has 0 amide bonds. The van der Waals surface area contributed by atoms with Crippen molar-refractivity contribution < 1.29 is 5.11 Å². The van der Waals surface area contributed by atoms with Crippen LogP contribution in [-0.2, 0) is 6.54 Å². The summed E-state index contributed by atoms with van der Waals surface area (Å²) in [7, 11) is 0. The molecule has 1 aromatic rings. The van der Waals surface area contributed by atoms with Crippen molar-refractivity contribution in [1.82, 2.24) is 9.88 Å². The smallest absolute Gasteiger partial charge is 0.125 e. The summed E-state index contributed by atoms with van der Waals surface area (Å²) in [6, 6.07) is 4.15. The van der Waals surface area contributed by atoms with Gasteiger partial charge in [0.2, 0.25) is 0 Å². The molecular weight excluding hydrogens is 226 g/mol. The summed E-state index contributed by atoms with van der Waals surface area (Å²) in [4.78, 5) is 6.77. The summed E-state index contributed by atoms with van der Waals surface area (Å²) in [5.74, 6) is 1.36. The highest BCUT2D eigenvalue weighted by Gasteiger charge is 2.25. The normalized spacial score (nSPS) is 22.1. The molecule has 1 aliphatic rings. The summed E-state index contributed by atoms with van der Waals surface area (Å²) in [5.41, 5.74) is 1.24. The van der Waals surface area contributed by atoms with Gasteiger partial charge in [-0.2, -0.15) is 0 Å². The van der Waals surface area contributed by atoms with Crippen molar-refractivity contribution in [3.05, 3.63) is 23.9 Å². The predicted molar refractivity (Wildman–Crippen MR) is 73.5 cm³/mol.